The molecule has 1 aliphatic rings. The van der Waals surface area contributed by atoms with E-state index in [0.29, 0.717) is 12.8 Å². The van der Waals surface area contributed by atoms with Crippen LogP contribution in [0.2, 0.25) is 0 Å². The third-order valence-corrected chi connectivity index (χ3v) is 5.98. The third-order valence-electron chi connectivity index (χ3n) is 5.98. The zero-order valence-corrected chi connectivity index (χ0v) is 20.4. The number of carbonyl (C=O) groups is 3. The van der Waals surface area contributed by atoms with Gasteiger partial charge < -0.3 is 15.2 Å². The first kappa shape index (κ1) is 25.9. The van der Waals surface area contributed by atoms with Gasteiger partial charge in [-0.05, 0) is 75.5 Å². The first-order valence-electron chi connectivity index (χ1n) is 11.7. The van der Waals surface area contributed by atoms with E-state index in [4.69, 9.17) is 4.74 Å². The molecule has 0 spiro atoms. The highest BCUT2D eigenvalue weighted by Gasteiger charge is 2.35. The number of rotatable bonds is 9. The Kier molecular flexibility index (Phi) is 8.88. The van der Waals surface area contributed by atoms with Gasteiger partial charge in [0.15, 0.2) is 0 Å². The molecule has 0 heterocycles. The molecular weight excluding hydrogens is 406 g/mol. The summed E-state index contributed by atoms with van der Waals surface area (Å²) in [6.45, 7) is 10.8. The number of aliphatic carboxylic acids is 1. The maximum atomic E-state index is 13.2. The quantitative estimate of drug-likeness (QED) is 0.552. The molecule has 0 aromatic heterocycles. The topological polar surface area (TPSA) is 92.7 Å². The van der Waals surface area contributed by atoms with Crippen LogP contribution in [0.3, 0.4) is 0 Å². The lowest BCUT2D eigenvalue weighted by Crippen LogP contribution is -2.49. The molecule has 2 N–H and O–H groups in total. The van der Waals surface area contributed by atoms with Gasteiger partial charge in [-0.1, -0.05) is 39.0 Å². The van der Waals surface area contributed by atoms with E-state index in [1.807, 2.05) is 26.0 Å². The number of aryl methyl sites for hydroxylation is 1. The van der Waals surface area contributed by atoms with Crippen LogP contribution in [-0.2, 0) is 38.4 Å². The van der Waals surface area contributed by atoms with Crippen molar-refractivity contribution < 1.29 is 24.2 Å². The Morgan fingerprint density at radius 2 is 1.75 bits per heavy atom. The number of carboxylic acid groups (broad SMARTS) is 1. The summed E-state index contributed by atoms with van der Waals surface area (Å²) in [6.07, 6.45) is 5.03. The van der Waals surface area contributed by atoms with E-state index >= 15 is 0 Å². The Morgan fingerprint density at radius 3 is 2.34 bits per heavy atom. The number of carbonyl (C=O) groups excluding carboxylic acids is 2. The first-order chi connectivity index (χ1) is 14.9. The van der Waals surface area contributed by atoms with Crippen LogP contribution in [-0.4, -0.2) is 34.6 Å². The molecule has 2 rings (SSSR count). The number of amides is 1. The molecule has 3 atom stereocenters. The average molecular weight is 446 g/mol. The van der Waals surface area contributed by atoms with Crippen LogP contribution in [0.15, 0.2) is 18.2 Å². The largest absolute Gasteiger partial charge is 0.481 e. The number of ether oxygens (including phenoxy) is 1. The summed E-state index contributed by atoms with van der Waals surface area (Å²) in [5.41, 5.74) is 2.92. The molecule has 6 heteroatoms. The summed E-state index contributed by atoms with van der Waals surface area (Å²) >= 11 is 0. The van der Waals surface area contributed by atoms with Gasteiger partial charge in [-0.3, -0.25) is 9.59 Å². The molecule has 1 aromatic rings. The third kappa shape index (κ3) is 7.35. The number of esters is 1. The fourth-order valence-electron chi connectivity index (χ4n) is 4.33. The lowest BCUT2D eigenvalue weighted by atomic mass is 9.84. The molecule has 0 saturated carbocycles. The second kappa shape index (κ2) is 11.0. The normalized spacial score (nSPS) is 16.6. The Bertz CT molecular complexity index is 824. The number of benzene rings is 1. The molecule has 0 saturated heterocycles. The summed E-state index contributed by atoms with van der Waals surface area (Å²) < 4.78 is 5.62. The molecular formula is C26H39NO5. The fourth-order valence-corrected chi connectivity index (χ4v) is 4.33. The van der Waals surface area contributed by atoms with Crippen LogP contribution in [0, 0.1) is 17.8 Å². The summed E-state index contributed by atoms with van der Waals surface area (Å²) in [4.78, 5) is 37.9. The lowest BCUT2D eigenvalue weighted by Gasteiger charge is -2.28. The molecule has 1 aromatic carbocycles. The Labute approximate surface area is 192 Å². The molecule has 6 nitrogen and oxygen atoms in total. The van der Waals surface area contributed by atoms with Crippen molar-refractivity contribution in [2.45, 2.75) is 91.7 Å². The van der Waals surface area contributed by atoms with Crippen molar-refractivity contribution in [2.24, 2.45) is 17.8 Å². The van der Waals surface area contributed by atoms with Crippen LogP contribution in [0.4, 0.5) is 0 Å². The van der Waals surface area contributed by atoms with Gasteiger partial charge in [0.1, 0.15) is 11.6 Å². The summed E-state index contributed by atoms with van der Waals surface area (Å²) in [6, 6.07) is 5.28. The summed E-state index contributed by atoms with van der Waals surface area (Å²) in [5, 5.41) is 12.4. The molecule has 0 radical (unpaired) electrons. The average Bonchev–Trinajstić information content (AvgIpc) is 2.69. The minimum Gasteiger partial charge on any atom is -0.481 e. The smallest absolute Gasteiger partial charge is 0.329 e. The summed E-state index contributed by atoms with van der Waals surface area (Å²) in [7, 11) is 0. The van der Waals surface area contributed by atoms with E-state index in [1.165, 1.54) is 11.1 Å². The van der Waals surface area contributed by atoms with Crippen LogP contribution >= 0.6 is 0 Å². The van der Waals surface area contributed by atoms with Crippen molar-refractivity contribution >= 4 is 17.8 Å². The van der Waals surface area contributed by atoms with Crippen LogP contribution in [0.1, 0.15) is 77.5 Å². The lowest BCUT2D eigenvalue weighted by molar-refractivity contribution is -0.159. The van der Waals surface area contributed by atoms with Crippen molar-refractivity contribution in [3.8, 4) is 0 Å². The molecule has 0 aliphatic heterocycles. The van der Waals surface area contributed by atoms with E-state index < -0.39 is 41.3 Å². The van der Waals surface area contributed by atoms with Crippen molar-refractivity contribution in [3.63, 3.8) is 0 Å². The van der Waals surface area contributed by atoms with Gasteiger partial charge in [-0.15, -0.1) is 0 Å². The SMILES string of the molecule is CC(C)CC(C(=O)NC(Cc1cccc2c1CCCC2)C(=O)OC(C)(C)C)C(C)C(=O)O. The molecule has 1 amide bonds. The number of nitrogens with one attached hydrogen (secondary N) is 1. The van der Waals surface area contributed by atoms with E-state index in [2.05, 4.69) is 11.4 Å². The van der Waals surface area contributed by atoms with Gasteiger partial charge in [-0.2, -0.15) is 0 Å². The Balaban J connectivity index is 2.31. The van der Waals surface area contributed by atoms with Crippen molar-refractivity contribution in [1.82, 2.24) is 5.32 Å². The Morgan fingerprint density at radius 1 is 1.09 bits per heavy atom. The zero-order valence-electron chi connectivity index (χ0n) is 20.4. The molecule has 3 unspecified atom stereocenters. The van der Waals surface area contributed by atoms with Gasteiger partial charge >= 0.3 is 11.9 Å². The van der Waals surface area contributed by atoms with Crippen LogP contribution in [0.5, 0.6) is 0 Å². The highest BCUT2D eigenvalue weighted by atomic mass is 16.6. The van der Waals surface area contributed by atoms with Gasteiger partial charge in [-0.25, -0.2) is 4.79 Å². The van der Waals surface area contributed by atoms with E-state index in [1.54, 1.807) is 27.7 Å². The number of hydrogen-bond donors (Lipinski definition) is 2. The molecule has 178 valence electrons. The highest BCUT2D eigenvalue weighted by molar-refractivity contribution is 5.88. The molecule has 1 aliphatic carbocycles. The maximum absolute atomic E-state index is 13.2. The van der Waals surface area contributed by atoms with Crippen LogP contribution in [0.25, 0.3) is 0 Å². The fraction of sp³-hybridized carbons (Fsp3) is 0.654. The van der Waals surface area contributed by atoms with E-state index in [0.717, 1.165) is 31.2 Å². The second-order valence-corrected chi connectivity index (χ2v) is 10.4. The summed E-state index contributed by atoms with van der Waals surface area (Å²) in [5.74, 6) is -3.34. The zero-order chi connectivity index (χ0) is 24.1. The van der Waals surface area contributed by atoms with Crippen LogP contribution < -0.4 is 5.32 Å². The monoisotopic (exact) mass is 445 g/mol. The number of carboxylic acids is 1. The molecule has 32 heavy (non-hydrogen) atoms. The predicted molar refractivity (Wildman–Crippen MR) is 124 cm³/mol. The number of hydrogen-bond acceptors (Lipinski definition) is 4. The van der Waals surface area contributed by atoms with Gasteiger partial charge in [0, 0.05) is 6.42 Å². The predicted octanol–water partition coefficient (Wildman–Crippen LogP) is 4.32. The standard InChI is InChI=1S/C26H39NO5/c1-16(2)14-21(17(3)24(29)30)23(28)27-22(25(31)32-26(4,5)6)15-19-12-9-11-18-10-7-8-13-20(18)19/h9,11-12,16-17,21-22H,7-8,10,13-15H2,1-6H3,(H,27,28)(H,29,30). The maximum Gasteiger partial charge on any atom is 0.329 e. The van der Waals surface area contributed by atoms with Crippen molar-refractivity contribution in [2.75, 3.05) is 0 Å². The van der Waals surface area contributed by atoms with Gasteiger partial charge in [0.25, 0.3) is 0 Å². The van der Waals surface area contributed by atoms with Crippen molar-refractivity contribution in [3.05, 3.63) is 34.9 Å². The van der Waals surface area contributed by atoms with Gasteiger partial charge in [0.2, 0.25) is 5.91 Å². The van der Waals surface area contributed by atoms with Crippen molar-refractivity contribution in [1.29, 1.82) is 0 Å². The molecule has 0 fully saturated rings. The Hall–Kier alpha value is -2.37. The minimum absolute atomic E-state index is 0.147. The highest BCUT2D eigenvalue weighted by Crippen LogP contribution is 2.26. The minimum atomic E-state index is -1.02. The van der Waals surface area contributed by atoms with E-state index in [-0.39, 0.29) is 5.92 Å². The van der Waals surface area contributed by atoms with Gasteiger partial charge in [0.05, 0.1) is 11.8 Å². The van der Waals surface area contributed by atoms with E-state index in [9.17, 15) is 19.5 Å². The second-order valence-electron chi connectivity index (χ2n) is 10.4. The molecule has 0 bridgehead atoms. The number of fused-ring (bicyclic) bond motifs is 1. The first-order valence-corrected chi connectivity index (χ1v) is 11.7.